The fraction of sp³-hybridized carbons (Fsp3) is 0.562. The summed E-state index contributed by atoms with van der Waals surface area (Å²) in [5.41, 5.74) is 0.556. The van der Waals surface area contributed by atoms with Gasteiger partial charge in [0, 0.05) is 24.7 Å². The molecule has 2 heterocycles. The molecule has 2 aliphatic heterocycles. The normalized spacial score (nSPS) is 22.5. The molecule has 3 rings (SSSR count). The van der Waals surface area contributed by atoms with Gasteiger partial charge in [-0.05, 0) is 72.3 Å². The van der Waals surface area contributed by atoms with Crippen molar-refractivity contribution in [2.45, 2.75) is 31.7 Å². The van der Waals surface area contributed by atoms with E-state index in [0.29, 0.717) is 22.0 Å². The number of hydrogen-bond acceptors (Lipinski definition) is 2. The second-order valence-corrected chi connectivity index (χ2v) is 6.82. The Kier molecular flexibility index (Phi) is 6.24. The van der Waals surface area contributed by atoms with Crippen molar-refractivity contribution in [1.29, 1.82) is 0 Å². The maximum atomic E-state index is 13.2. The Morgan fingerprint density at radius 3 is 2.59 bits per heavy atom. The molecule has 1 N–H and O–H groups in total. The molecule has 1 unspecified atom stereocenters. The molecule has 1 atom stereocenters. The lowest BCUT2D eigenvalue weighted by molar-refractivity contribution is 0.0674. The number of nitrogens with one attached hydrogen (secondary N) is 1. The summed E-state index contributed by atoms with van der Waals surface area (Å²) in [6, 6.07) is 5.11. The zero-order valence-electron chi connectivity index (χ0n) is 12.4. The molecular formula is C16H21BrClFN2O. The van der Waals surface area contributed by atoms with Crippen molar-refractivity contribution < 1.29 is 9.18 Å². The third kappa shape index (κ3) is 3.81. The van der Waals surface area contributed by atoms with Crippen molar-refractivity contribution >= 4 is 34.2 Å². The zero-order valence-corrected chi connectivity index (χ0v) is 14.8. The van der Waals surface area contributed by atoms with Gasteiger partial charge in [0.1, 0.15) is 5.82 Å². The number of halogens is 3. The van der Waals surface area contributed by atoms with Crippen molar-refractivity contribution in [3.05, 3.63) is 34.1 Å². The summed E-state index contributed by atoms with van der Waals surface area (Å²) in [6.07, 6.45) is 4.66. The molecule has 22 heavy (non-hydrogen) atoms. The van der Waals surface area contributed by atoms with Crippen LogP contribution in [0.3, 0.4) is 0 Å². The molecule has 1 aromatic rings. The lowest BCUT2D eigenvalue weighted by atomic mass is 9.88. The van der Waals surface area contributed by atoms with Gasteiger partial charge in [-0.3, -0.25) is 4.79 Å². The Labute approximate surface area is 145 Å². The summed E-state index contributed by atoms with van der Waals surface area (Å²) in [4.78, 5) is 14.4. The van der Waals surface area contributed by atoms with E-state index in [0.717, 1.165) is 32.5 Å². The highest BCUT2D eigenvalue weighted by Crippen LogP contribution is 2.27. The van der Waals surface area contributed by atoms with Crippen LogP contribution in [0, 0.1) is 11.7 Å². The van der Waals surface area contributed by atoms with E-state index in [9.17, 15) is 9.18 Å². The molecule has 1 aromatic carbocycles. The summed E-state index contributed by atoms with van der Waals surface area (Å²) in [7, 11) is 0. The van der Waals surface area contributed by atoms with Gasteiger partial charge in [0.15, 0.2) is 0 Å². The van der Waals surface area contributed by atoms with Crippen LogP contribution >= 0.6 is 28.3 Å². The second-order valence-electron chi connectivity index (χ2n) is 5.96. The Morgan fingerprint density at radius 2 is 2.00 bits per heavy atom. The van der Waals surface area contributed by atoms with Crippen LogP contribution in [0.15, 0.2) is 22.7 Å². The van der Waals surface area contributed by atoms with Crippen molar-refractivity contribution in [2.75, 3.05) is 19.6 Å². The standard InChI is InChI=1S/C16H20BrFN2O.ClH/c17-13-10-12(3-4-14(13)18)16(21)20-8-5-11(6-9-20)15-2-1-7-19-15;/h3-4,10-11,15,19H,1-2,5-9H2;1H. The highest BCUT2D eigenvalue weighted by atomic mass is 79.9. The smallest absolute Gasteiger partial charge is 0.253 e. The summed E-state index contributed by atoms with van der Waals surface area (Å²) >= 11 is 3.14. The minimum absolute atomic E-state index is 0. The fourth-order valence-electron chi connectivity index (χ4n) is 3.43. The van der Waals surface area contributed by atoms with Crippen LogP contribution in [-0.4, -0.2) is 36.5 Å². The van der Waals surface area contributed by atoms with Crippen molar-refractivity contribution in [3.63, 3.8) is 0 Å². The van der Waals surface area contributed by atoms with E-state index in [1.54, 1.807) is 12.1 Å². The summed E-state index contributed by atoms with van der Waals surface area (Å²) in [5.74, 6) is 0.364. The largest absolute Gasteiger partial charge is 0.339 e. The summed E-state index contributed by atoms with van der Waals surface area (Å²) < 4.78 is 13.6. The monoisotopic (exact) mass is 390 g/mol. The first-order valence-corrected chi connectivity index (χ1v) is 8.42. The van der Waals surface area contributed by atoms with Gasteiger partial charge < -0.3 is 10.2 Å². The van der Waals surface area contributed by atoms with E-state index >= 15 is 0 Å². The minimum atomic E-state index is -0.336. The average Bonchev–Trinajstić information content (AvgIpc) is 3.04. The first-order chi connectivity index (χ1) is 10.1. The number of nitrogens with zero attached hydrogens (tertiary/aromatic N) is 1. The fourth-order valence-corrected chi connectivity index (χ4v) is 3.81. The van der Waals surface area contributed by atoms with Gasteiger partial charge in [-0.1, -0.05) is 0 Å². The molecule has 2 saturated heterocycles. The number of benzene rings is 1. The zero-order chi connectivity index (χ0) is 14.8. The number of hydrogen-bond donors (Lipinski definition) is 1. The highest BCUT2D eigenvalue weighted by molar-refractivity contribution is 9.10. The van der Waals surface area contributed by atoms with Crippen LogP contribution in [0.4, 0.5) is 4.39 Å². The van der Waals surface area contributed by atoms with Crippen molar-refractivity contribution in [1.82, 2.24) is 10.2 Å². The van der Waals surface area contributed by atoms with E-state index in [4.69, 9.17) is 0 Å². The predicted octanol–water partition coefficient (Wildman–Crippen LogP) is 3.61. The number of rotatable bonds is 2. The first kappa shape index (κ1) is 17.7. The van der Waals surface area contributed by atoms with Crippen LogP contribution in [-0.2, 0) is 0 Å². The van der Waals surface area contributed by atoms with E-state index in [1.807, 2.05) is 4.90 Å². The molecule has 0 bridgehead atoms. The SMILES string of the molecule is Cl.O=C(c1ccc(F)c(Br)c1)N1CCC(C2CCCN2)CC1. The lowest BCUT2D eigenvalue weighted by Gasteiger charge is -2.35. The quantitative estimate of drug-likeness (QED) is 0.835. The van der Waals surface area contributed by atoms with E-state index in [-0.39, 0.29) is 24.1 Å². The Hall–Kier alpha value is -0.650. The van der Waals surface area contributed by atoms with E-state index in [2.05, 4.69) is 21.2 Å². The summed E-state index contributed by atoms with van der Waals surface area (Å²) in [6.45, 7) is 2.74. The third-order valence-corrected chi connectivity index (χ3v) is 5.27. The van der Waals surface area contributed by atoms with Gasteiger partial charge in [0.25, 0.3) is 5.91 Å². The number of likely N-dealkylation sites (tertiary alicyclic amines) is 1. The Bertz CT molecular complexity index is 529. The van der Waals surface area contributed by atoms with Gasteiger partial charge in [-0.25, -0.2) is 4.39 Å². The molecule has 0 spiro atoms. The van der Waals surface area contributed by atoms with Crippen LogP contribution in [0.2, 0.25) is 0 Å². The van der Waals surface area contributed by atoms with E-state index < -0.39 is 0 Å². The molecule has 0 saturated carbocycles. The molecule has 2 aliphatic rings. The molecular weight excluding hydrogens is 371 g/mol. The van der Waals surface area contributed by atoms with Gasteiger partial charge in [0.05, 0.1) is 4.47 Å². The number of carbonyl (C=O) groups excluding carboxylic acids is 1. The molecule has 0 aromatic heterocycles. The van der Waals surface area contributed by atoms with Gasteiger partial charge in [-0.2, -0.15) is 0 Å². The minimum Gasteiger partial charge on any atom is -0.339 e. The second kappa shape index (κ2) is 7.75. The number of carbonyl (C=O) groups is 1. The Balaban J connectivity index is 0.00000176. The molecule has 0 radical (unpaired) electrons. The Morgan fingerprint density at radius 1 is 1.27 bits per heavy atom. The van der Waals surface area contributed by atoms with Gasteiger partial charge >= 0.3 is 0 Å². The predicted molar refractivity (Wildman–Crippen MR) is 91.0 cm³/mol. The highest BCUT2D eigenvalue weighted by Gasteiger charge is 2.30. The number of piperidine rings is 1. The molecule has 6 heteroatoms. The molecule has 2 fully saturated rings. The van der Waals surface area contributed by atoms with Crippen molar-refractivity contribution in [3.8, 4) is 0 Å². The topological polar surface area (TPSA) is 32.3 Å². The van der Waals surface area contributed by atoms with E-state index in [1.165, 1.54) is 18.9 Å². The van der Waals surface area contributed by atoms with Crippen molar-refractivity contribution in [2.24, 2.45) is 5.92 Å². The number of amides is 1. The van der Waals surface area contributed by atoms with Crippen LogP contribution in [0.5, 0.6) is 0 Å². The lowest BCUT2D eigenvalue weighted by Crippen LogP contribution is -2.43. The average molecular weight is 392 g/mol. The molecule has 3 nitrogen and oxygen atoms in total. The van der Waals surface area contributed by atoms with Crippen LogP contribution in [0.1, 0.15) is 36.0 Å². The molecule has 1 amide bonds. The molecule has 122 valence electrons. The first-order valence-electron chi connectivity index (χ1n) is 7.63. The van der Waals surface area contributed by atoms with Gasteiger partial charge in [0.2, 0.25) is 0 Å². The summed E-state index contributed by atoms with van der Waals surface area (Å²) in [5, 5.41) is 3.56. The third-order valence-electron chi connectivity index (χ3n) is 4.66. The van der Waals surface area contributed by atoms with Crippen LogP contribution in [0.25, 0.3) is 0 Å². The van der Waals surface area contributed by atoms with Gasteiger partial charge in [-0.15, -0.1) is 12.4 Å². The maximum Gasteiger partial charge on any atom is 0.253 e. The maximum absolute atomic E-state index is 13.2. The van der Waals surface area contributed by atoms with Crippen LogP contribution < -0.4 is 5.32 Å². The molecule has 0 aliphatic carbocycles.